The molecule has 0 fully saturated rings. The van der Waals surface area contributed by atoms with Crippen molar-refractivity contribution in [3.8, 4) is 0 Å². The standard InChI is InChI=1S/C17H24N2O4/c1-5-6-11-18-15(21)17(2,3)16(22)19-13-9-7-12(8-10-13)14(20)23-4/h7-10H,5-6,11H2,1-4H3,(H,18,21)(H,19,22). The number of nitrogens with one attached hydrogen (secondary N) is 2. The highest BCUT2D eigenvalue weighted by atomic mass is 16.5. The number of unbranched alkanes of at least 4 members (excludes halogenated alkanes) is 1. The van der Waals surface area contributed by atoms with Crippen molar-refractivity contribution in [3.05, 3.63) is 29.8 Å². The molecule has 1 aromatic rings. The highest BCUT2D eigenvalue weighted by molar-refractivity contribution is 6.09. The normalized spacial score (nSPS) is 10.8. The first kappa shape index (κ1) is 18.7. The lowest BCUT2D eigenvalue weighted by Crippen LogP contribution is -2.45. The van der Waals surface area contributed by atoms with Crippen molar-refractivity contribution in [2.75, 3.05) is 19.0 Å². The molecule has 0 unspecified atom stereocenters. The molecule has 0 bridgehead atoms. The average Bonchev–Trinajstić information content (AvgIpc) is 2.54. The van der Waals surface area contributed by atoms with E-state index in [-0.39, 0.29) is 5.91 Å². The third-order valence-electron chi connectivity index (χ3n) is 3.52. The van der Waals surface area contributed by atoms with Crippen molar-refractivity contribution in [1.29, 1.82) is 0 Å². The molecule has 2 amide bonds. The zero-order chi connectivity index (χ0) is 17.5. The van der Waals surface area contributed by atoms with E-state index in [1.54, 1.807) is 38.1 Å². The van der Waals surface area contributed by atoms with Gasteiger partial charge in [0.15, 0.2) is 0 Å². The summed E-state index contributed by atoms with van der Waals surface area (Å²) in [4.78, 5) is 35.8. The summed E-state index contributed by atoms with van der Waals surface area (Å²) in [5, 5.41) is 5.45. The van der Waals surface area contributed by atoms with Crippen LogP contribution in [0.3, 0.4) is 0 Å². The van der Waals surface area contributed by atoms with Gasteiger partial charge >= 0.3 is 5.97 Å². The first-order valence-electron chi connectivity index (χ1n) is 7.61. The van der Waals surface area contributed by atoms with Gasteiger partial charge in [-0.05, 0) is 44.5 Å². The lowest BCUT2D eigenvalue weighted by molar-refractivity contribution is -0.138. The van der Waals surface area contributed by atoms with Crippen LogP contribution in [0.5, 0.6) is 0 Å². The number of rotatable bonds is 7. The topological polar surface area (TPSA) is 84.5 Å². The van der Waals surface area contributed by atoms with Crippen LogP contribution in [-0.2, 0) is 14.3 Å². The summed E-state index contributed by atoms with van der Waals surface area (Å²) < 4.78 is 4.61. The fourth-order valence-corrected chi connectivity index (χ4v) is 1.80. The zero-order valence-corrected chi connectivity index (χ0v) is 14.1. The highest BCUT2D eigenvalue weighted by Crippen LogP contribution is 2.19. The second-order valence-electron chi connectivity index (χ2n) is 5.76. The molecule has 0 aliphatic rings. The molecule has 0 saturated carbocycles. The number of esters is 1. The van der Waals surface area contributed by atoms with Crippen LogP contribution < -0.4 is 10.6 Å². The molecule has 0 atom stereocenters. The van der Waals surface area contributed by atoms with Gasteiger partial charge in [0.25, 0.3) is 0 Å². The summed E-state index contributed by atoms with van der Waals surface area (Å²) in [7, 11) is 1.30. The maximum absolute atomic E-state index is 12.3. The lowest BCUT2D eigenvalue weighted by Gasteiger charge is -2.22. The number of methoxy groups -OCH3 is 1. The fraction of sp³-hybridized carbons (Fsp3) is 0.471. The van der Waals surface area contributed by atoms with Gasteiger partial charge in [-0.2, -0.15) is 0 Å². The molecule has 126 valence electrons. The van der Waals surface area contributed by atoms with Gasteiger partial charge < -0.3 is 15.4 Å². The number of anilines is 1. The first-order chi connectivity index (χ1) is 10.8. The molecule has 6 nitrogen and oxygen atoms in total. The van der Waals surface area contributed by atoms with Crippen LogP contribution in [0, 0.1) is 5.41 Å². The van der Waals surface area contributed by atoms with Gasteiger partial charge in [0.05, 0.1) is 12.7 Å². The smallest absolute Gasteiger partial charge is 0.337 e. The molecule has 6 heteroatoms. The van der Waals surface area contributed by atoms with E-state index in [2.05, 4.69) is 15.4 Å². The molecule has 0 aliphatic heterocycles. The maximum Gasteiger partial charge on any atom is 0.337 e. The van der Waals surface area contributed by atoms with E-state index in [1.807, 2.05) is 6.92 Å². The number of benzene rings is 1. The number of ether oxygens (including phenoxy) is 1. The molecule has 0 aromatic heterocycles. The molecular weight excluding hydrogens is 296 g/mol. The molecule has 0 spiro atoms. The van der Waals surface area contributed by atoms with Gasteiger partial charge in [-0.3, -0.25) is 9.59 Å². The molecule has 0 saturated heterocycles. The van der Waals surface area contributed by atoms with E-state index >= 15 is 0 Å². The van der Waals surface area contributed by atoms with Crippen molar-refractivity contribution in [1.82, 2.24) is 5.32 Å². The Morgan fingerprint density at radius 3 is 2.22 bits per heavy atom. The molecule has 0 aliphatic carbocycles. The SMILES string of the molecule is CCCCNC(=O)C(C)(C)C(=O)Nc1ccc(C(=O)OC)cc1. The Morgan fingerprint density at radius 1 is 1.09 bits per heavy atom. The van der Waals surface area contributed by atoms with Crippen molar-refractivity contribution in [3.63, 3.8) is 0 Å². The number of carbonyl (C=O) groups is 3. The van der Waals surface area contributed by atoms with Gasteiger partial charge in [0.1, 0.15) is 5.41 Å². The second-order valence-corrected chi connectivity index (χ2v) is 5.76. The number of hydrogen-bond acceptors (Lipinski definition) is 4. The minimum absolute atomic E-state index is 0.311. The average molecular weight is 320 g/mol. The van der Waals surface area contributed by atoms with Gasteiger partial charge in [0.2, 0.25) is 11.8 Å². The van der Waals surface area contributed by atoms with Gasteiger partial charge in [-0.1, -0.05) is 13.3 Å². The van der Waals surface area contributed by atoms with Crippen molar-refractivity contribution < 1.29 is 19.1 Å². The van der Waals surface area contributed by atoms with Gasteiger partial charge in [-0.25, -0.2) is 4.79 Å². The van der Waals surface area contributed by atoms with Crippen molar-refractivity contribution >= 4 is 23.5 Å². The zero-order valence-electron chi connectivity index (χ0n) is 14.1. The molecular formula is C17H24N2O4. The van der Waals surface area contributed by atoms with E-state index in [0.717, 1.165) is 12.8 Å². The van der Waals surface area contributed by atoms with Crippen LogP contribution in [0.25, 0.3) is 0 Å². The Morgan fingerprint density at radius 2 is 1.70 bits per heavy atom. The molecule has 1 aromatic carbocycles. The Labute approximate surface area is 136 Å². The molecule has 0 heterocycles. The molecule has 23 heavy (non-hydrogen) atoms. The van der Waals surface area contributed by atoms with E-state index in [9.17, 15) is 14.4 Å². The van der Waals surface area contributed by atoms with E-state index in [4.69, 9.17) is 0 Å². The minimum Gasteiger partial charge on any atom is -0.465 e. The van der Waals surface area contributed by atoms with Gasteiger partial charge in [-0.15, -0.1) is 0 Å². The monoisotopic (exact) mass is 320 g/mol. The van der Waals surface area contributed by atoms with Crippen LogP contribution >= 0.6 is 0 Å². The number of hydrogen-bond donors (Lipinski definition) is 2. The van der Waals surface area contributed by atoms with Crippen LogP contribution in [-0.4, -0.2) is 31.4 Å². The minimum atomic E-state index is -1.19. The van der Waals surface area contributed by atoms with Gasteiger partial charge in [0, 0.05) is 12.2 Å². The summed E-state index contributed by atoms with van der Waals surface area (Å²) in [6.45, 7) is 5.74. The van der Waals surface area contributed by atoms with Crippen molar-refractivity contribution in [2.24, 2.45) is 5.41 Å². The number of carbonyl (C=O) groups excluding carboxylic acids is 3. The lowest BCUT2D eigenvalue weighted by atomic mass is 9.91. The maximum atomic E-state index is 12.3. The predicted molar refractivity (Wildman–Crippen MR) is 88.1 cm³/mol. The van der Waals surface area contributed by atoms with E-state index < -0.39 is 17.3 Å². The molecule has 1 rings (SSSR count). The quantitative estimate of drug-likeness (QED) is 0.459. The highest BCUT2D eigenvalue weighted by Gasteiger charge is 2.35. The predicted octanol–water partition coefficient (Wildman–Crippen LogP) is 2.35. The van der Waals surface area contributed by atoms with Crippen molar-refractivity contribution in [2.45, 2.75) is 33.6 Å². The molecule has 2 N–H and O–H groups in total. The van der Waals surface area contributed by atoms with Crippen LogP contribution in [0.2, 0.25) is 0 Å². The Bertz CT molecular complexity index is 564. The summed E-state index contributed by atoms with van der Waals surface area (Å²) >= 11 is 0. The fourth-order valence-electron chi connectivity index (χ4n) is 1.80. The van der Waals surface area contributed by atoms with E-state index in [0.29, 0.717) is 17.8 Å². The first-order valence-corrected chi connectivity index (χ1v) is 7.61. The largest absolute Gasteiger partial charge is 0.465 e. The Balaban J connectivity index is 2.70. The summed E-state index contributed by atoms with van der Waals surface area (Å²) in [5.74, 6) is -1.16. The van der Waals surface area contributed by atoms with Crippen LogP contribution in [0.1, 0.15) is 44.0 Å². The van der Waals surface area contributed by atoms with Crippen LogP contribution in [0.4, 0.5) is 5.69 Å². The second kappa shape index (κ2) is 8.31. The summed E-state index contributed by atoms with van der Waals surface area (Å²) in [6, 6.07) is 6.29. The summed E-state index contributed by atoms with van der Waals surface area (Å²) in [6.07, 6.45) is 1.85. The number of amides is 2. The third kappa shape index (κ3) is 5.09. The molecule has 0 radical (unpaired) electrons. The van der Waals surface area contributed by atoms with Crippen LogP contribution in [0.15, 0.2) is 24.3 Å². The summed E-state index contributed by atoms with van der Waals surface area (Å²) in [5.41, 5.74) is -0.284. The Kier molecular flexibility index (Phi) is 6.75. The van der Waals surface area contributed by atoms with E-state index in [1.165, 1.54) is 7.11 Å². The third-order valence-corrected chi connectivity index (χ3v) is 3.52. The Hall–Kier alpha value is -2.37.